The number of rotatable bonds is 5. The molecule has 11 heteroatoms. The molecule has 3 atom stereocenters. The second-order valence-electron chi connectivity index (χ2n) is 9.54. The van der Waals surface area contributed by atoms with E-state index in [1.54, 1.807) is 12.1 Å². The number of aromatic nitrogens is 1. The highest BCUT2D eigenvalue weighted by molar-refractivity contribution is 8.00. The summed E-state index contributed by atoms with van der Waals surface area (Å²) in [7, 11) is 0. The van der Waals surface area contributed by atoms with Crippen molar-refractivity contribution < 1.29 is 23.5 Å². The number of benzene rings is 2. The van der Waals surface area contributed by atoms with Gasteiger partial charge in [-0.3, -0.25) is 19.2 Å². The third kappa shape index (κ3) is 4.43. The predicted octanol–water partition coefficient (Wildman–Crippen LogP) is 3.76. The number of amides is 3. The molecule has 3 aromatic rings. The van der Waals surface area contributed by atoms with Crippen LogP contribution in [0.1, 0.15) is 35.6 Å². The van der Waals surface area contributed by atoms with Crippen LogP contribution in [0.3, 0.4) is 0 Å². The molecule has 1 aromatic heterocycles. The van der Waals surface area contributed by atoms with Crippen molar-refractivity contribution >= 4 is 46.5 Å². The van der Waals surface area contributed by atoms with Crippen LogP contribution in [0.2, 0.25) is 0 Å². The monoisotopic (exact) mass is 553 g/mol. The van der Waals surface area contributed by atoms with Gasteiger partial charge in [0, 0.05) is 23.9 Å². The van der Waals surface area contributed by atoms with E-state index in [1.165, 1.54) is 36.0 Å². The number of carbonyl (C=O) groups excluding carboxylic acids is 3. The zero-order valence-corrected chi connectivity index (χ0v) is 21.9. The lowest BCUT2D eigenvalue weighted by atomic mass is 9.83. The minimum atomic E-state index is -0.732. The van der Waals surface area contributed by atoms with Crippen LogP contribution in [0.4, 0.5) is 10.1 Å². The molecule has 2 fully saturated rings. The van der Waals surface area contributed by atoms with E-state index in [0.717, 1.165) is 54.2 Å². The molecule has 1 N–H and O–H groups in total. The van der Waals surface area contributed by atoms with Gasteiger partial charge in [0.05, 0.1) is 16.6 Å². The first-order valence-corrected chi connectivity index (χ1v) is 14.1. The highest BCUT2D eigenvalue weighted by Crippen LogP contribution is 2.53. The number of hydrogen-bond acceptors (Lipinski definition) is 7. The van der Waals surface area contributed by atoms with Crippen molar-refractivity contribution in [3.63, 3.8) is 0 Å². The molecule has 0 saturated carbocycles. The van der Waals surface area contributed by atoms with Crippen LogP contribution in [0.5, 0.6) is 5.75 Å². The van der Waals surface area contributed by atoms with Crippen LogP contribution < -0.4 is 14.5 Å². The van der Waals surface area contributed by atoms with Crippen molar-refractivity contribution in [2.75, 3.05) is 24.6 Å². The van der Waals surface area contributed by atoms with Gasteiger partial charge in [-0.05, 0) is 61.2 Å². The van der Waals surface area contributed by atoms with Gasteiger partial charge in [-0.25, -0.2) is 9.29 Å². The van der Waals surface area contributed by atoms with Crippen molar-refractivity contribution in [2.45, 2.75) is 35.5 Å². The van der Waals surface area contributed by atoms with Gasteiger partial charge < -0.3 is 14.6 Å². The number of hydrogen-bond donors (Lipinski definition) is 1. The minimum absolute atomic E-state index is 0.0430. The van der Waals surface area contributed by atoms with Crippen LogP contribution in [-0.4, -0.2) is 52.6 Å². The largest absolute Gasteiger partial charge is 0.484 e. The zero-order valence-electron chi connectivity index (χ0n) is 20.2. The molecule has 2 unspecified atom stereocenters. The van der Waals surface area contributed by atoms with Crippen molar-refractivity contribution in [1.82, 2.24) is 9.88 Å². The summed E-state index contributed by atoms with van der Waals surface area (Å²) in [6.07, 6.45) is 3.16. The van der Waals surface area contributed by atoms with Crippen molar-refractivity contribution in [1.29, 1.82) is 0 Å². The number of H-pyrrole nitrogens is 1. The molecule has 38 heavy (non-hydrogen) atoms. The van der Waals surface area contributed by atoms with Gasteiger partial charge in [0.2, 0.25) is 11.8 Å². The summed E-state index contributed by atoms with van der Waals surface area (Å²) in [5, 5.41) is -0.144. The number of thioether (sulfide) groups is 1. The second kappa shape index (κ2) is 10.0. The molecule has 3 amide bonds. The maximum atomic E-state index is 13.7. The molecule has 4 heterocycles. The van der Waals surface area contributed by atoms with Gasteiger partial charge in [0.25, 0.3) is 5.91 Å². The number of aromatic amines is 1. The Hall–Kier alpha value is -3.44. The van der Waals surface area contributed by atoms with Gasteiger partial charge in [0.15, 0.2) is 6.61 Å². The molecule has 2 aromatic carbocycles. The summed E-state index contributed by atoms with van der Waals surface area (Å²) in [4.78, 5) is 58.0. The minimum Gasteiger partial charge on any atom is -0.484 e. The van der Waals surface area contributed by atoms with Gasteiger partial charge >= 0.3 is 4.87 Å². The van der Waals surface area contributed by atoms with E-state index in [-0.39, 0.29) is 23.3 Å². The number of carbonyl (C=O) groups is 3. The lowest BCUT2D eigenvalue weighted by Crippen LogP contribution is -2.38. The number of anilines is 1. The highest BCUT2D eigenvalue weighted by atomic mass is 32.2. The lowest BCUT2D eigenvalue weighted by Gasteiger charge is -2.30. The van der Waals surface area contributed by atoms with E-state index in [1.807, 2.05) is 17.0 Å². The third-order valence-electron chi connectivity index (χ3n) is 7.22. The predicted molar refractivity (Wildman–Crippen MR) is 141 cm³/mol. The van der Waals surface area contributed by atoms with Crippen molar-refractivity contribution in [3.8, 4) is 5.75 Å². The molecule has 196 valence electrons. The van der Waals surface area contributed by atoms with E-state index in [9.17, 15) is 23.6 Å². The fourth-order valence-corrected chi connectivity index (χ4v) is 7.89. The molecular formula is C27H24FN3O5S2. The molecule has 0 radical (unpaired) electrons. The number of nitrogens with zero attached hydrogens (tertiary/aromatic N) is 2. The van der Waals surface area contributed by atoms with Crippen LogP contribution in [-0.2, 0) is 14.4 Å². The Kier molecular flexibility index (Phi) is 6.56. The summed E-state index contributed by atoms with van der Waals surface area (Å²) >= 11 is 2.22. The molecule has 0 bridgehead atoms. The maximum Gasteiger partial charge on any atom is 0.305 e. The second-order valence-corrected chi connectivity index (χ2v) is 11.7. The van der Waals surface area contributed by atoms with E-state index >= 15 is 0 Å². The Labute approximate surface area is 225 Å². The number of likely N-dealkylation sites (tertiary alicyclic amines) is 1. The van der Waals surface area contributed by atoms with Gasteiger partial charge in [-0.15, -0.1) is 0 Å². The summed E-state index contributed by atoms with van der Waals surface area (Å²) in [5.41, 5.74) is 1.07. The summed E-state index contributed by atoms with van der Waals surface area (Å²) < 4.78 is 19.2. The van der Waals surface area contributed by atoms with Crippen molar-refractivity contribution in [3.05, 3.63) is 74.5 Å². The molecule has 0 aliphatic carbocycles. The van der Waals surface area contributed by atoms with Crippen LogP contribution >= 0.6 is 23.1 Å². The van der Waals surface area contributed by atoms with E-state index in [0.29, 0.717) is 21.3 Å². The Bertz CT molecular complexity index is 1450. The smallest absolute Gasteiger partial charge is 0.305 e. The first-order valence-electron chi connectivity index (χ1n) is 12.4. The van der Waals surface area contributed by atoms with Gasteiger partial charge in [-0.1, -0.05) is 35.2 Å². The number of nitrogens with one attached hydrogen (secondary N) is 1. The normalized spacial score (nSPS) is 22.8. The Morgan fingerprint density at radius 1 is 0.974 bits per heavy atom. The summed E-state index contributed by atoms with van der Waals surface area (Å²) in [6.45, 7) is 1.47. The molecule has 3 aliphatic rings. The molecular weight excluding hydrogens is 529 g/mol. The van der Waals surface area contributed by atoms with E-state index in [4.69, 9.17) is 4.74 Å². The fraction of sp³-hybridized carbons (Fsp3) is 0.333. The van der Waals surface area contributed by atoms with E-state index in [2.05, 4.69) is 4.98 Å². The summed E-state index contributed by atoms with van der Waals surface area (Å²) in [5.74, 6) is -2.02. The fourth-order valence-electron chi connectivity index (χ4n) is 5.37. The first kappa shape index (κ1) is 24.9. The quantitative estimate of drug-likeness (QED) is 0.483. The number of piperidine rings is 1. The number of ether oxygens (including phenoxy) is 1. The number of fused-ring (bicyclic) bond motifs is 2. The lowest BCUT2D eigenvalue weighted by molar-refractivity contribution is -0.134. The van der Waals surface area contributed by atoms with Crippen LogP contribution in [0.25, 0.3) is 0 Å². The molecule has 6 rings (SSSR count). The number of halogens is 1. The van der Waals surface area contributed by atoms with Gasteiger partial charge in [-0.2, -0.15) is 0 Å². The van der Waals surface area contributed by atoms with E-state index < -0.39 is 28.8 Å². The number of thiazole rings is 1. The number of imide groups is 1. The maximum absolute atomic E-state index is 13.7. The standard InChI is InChI=1S/C27H24FN3O5S2/c28-16-6-8-17(9-7-16)31-25(33)21-20(22-24(29-27(35)38-22)37-23(21)26(31)34)15-4-10-18(11-5-15)36-14-19(32)30-12-2-1-3-13-30/h4-11,20-21,23H,1-3,12-14H2,(H,29,35)/t20-,21?,23?/m1/s1. The Balaban J connectivity index is 1.27. The van der Waals surface area contributed by atoms with Crippen LogP contribution in [0.15, 0.2) is 58.4 Å². The average molecular weight is 554 g/mol. The average Bonchev–Trinajstić information content (AvgIpc) is 3.43. The molecule has 2 saturated heterocycles. The SMILES string of the molecule is O=C(COc1ccc([C@H]2c3sc(=O)[nH]c3SC3C(=O)N(c4ccc(F)cc4)C(=O)C32)cc1)N1CCCCC1. The summed E-state index contributed by atoms with van der Waals surface area (Å²) in [6, 6.07) is 12.4. The zero-order chi connectivity index (χ0) is 26.4. The third-order valence-corrected chi connectivity index (χ3v) is 9.62. The molecule has 8 nitrogen and oxygen atoms in total. The Morgan fingerprint density at radius 3 is 2.39 bits per heavy atom. The topological polar surface area (TPSA) is 99.8 Å². The first-order chi connectivity index (χ1) is 18.4. The van der Waals surface area contributed by atoms with Crippen molar-refractivity contribution in [2.24, 2.45) is 5.92 Å². The Morgan fingerprint density at radius 2 is 1.68 bits per heavy atom. The molecule has 0 spiro atoms. The molecule has 3 aliphatic heterocycles. The highest BCUT2D eigenvalue weighted by Gasteiger charge is 2.56. The van der Waals surface area contributed by atoms with Gasteiger partial charge in [0.1, 0.15) is 16.8 Å². The van der Waals surface area contributed by atoms with Crippen LogP contribution in [0, 0.1) is 11.7 Å².